The van der Waals surface area contributed by atoms with Gasteiger partial charge in [0.05, 0.1) is 5.69 Å². The van der Waals surface area contributed by atoms with Crippen LogP contribution in [0.5, 0.6) is 0 Å². The third kappa shape index (κ3) is 4.06. The summed E-state index contributed by atoms with van der Waals surface area (Å²) in [5.74, 6) is 2.28. The molecule has 0 radical (unpaired) electrons. The molecular formula is C16H29N3O. The highest BCUT2D eigenvalue weighted by Crippen LogP contribution is 2.20. The van der Waals surface area contributed by atoms with Crippen molar-refractivity contribution in [2.24, 2.45) is 11.8 Å². The molecule has 0 spiro atoms. The van der Waals surface area contributed by atoms with E-state index in [1.807, 2.05) is 6.92 Å². The van der Waals surface area contributed by atoms with Crippen molar-refractivity contribution in [3.05, 3.63) is 17.5 Å². The Morgan fingerprint density at radius 2 is 2.15 bits per heavy atom. The second-order valence-electron chi connectivity index (χ2n) is 6.90. The predicted molar refractivity (Wildman–Crippen MR) is 81.5 cm³/mol. The Kier molecular flexibility index (Phi) is 5.22. The van der Waals surface area contributed by atoms with E-state index in [-0.39, 0.29) is 0 Å². The molecule has 2 atom stereocenters. The van der Waals surface area contributed by atoms with Gasteiger partial charge >= 0.3 is 0 Å². The molecule has 114 valence electrons. The van der Waals surface area contributed by atoms with E-state index in [1.54, 1.807) is 0 Å². The Hall–Kier alpha value is -0.870. The van der Waals surface area contributed by atoms with Gasteiger partial charge < -0.3 is 9.84 Å². The minimum absolute atomic E-state index is 0.579. The van der Waals surface area contributed by atoms with Gasteiger partial charge in [-0.3, -0.25) is 4.90 Å². The number of piperazine rings is 1. The average Bonchev–Trinajstić information content (AvgIpc) is 2.73. The van der Waals surface area contributed by atoms with Crippen LogP contribution in [0.4, 0.5) is 0 Å². The summed E-state index contributed by atoms with van der Waals surface area (Å²) in [5.41, 5.74) is 1.05. The molecule has 0 aromatic carbocycles. The zero-order chi connectivity index (χ0) is 14.7. The quantitative estimate of drug-likeness (QED) is 0.900. The fourth-order valence-corrected chi connectivity index (χ4v) is 3.17. The molecule has 1 fully saturated rings. The number of aromatic nitrogens is 1. The summed E-state index contributed by atoms with van der Waals surface area (Å²) < 4.78 is 5.20. The van der Waals surface area contributed by atoms with Crippen LogP contribution in [0.3, 0.4) is 0 Å². The first-order chi connectivity index (χ1) is 9.45. The van der Waals surface area contributed by atoms with E-state index in [9.17, 15) is 0 Å². The molecule has 2 rings (SSSR count). The minimum Gasteiger partial charge on any atom is -0.361 e. The van der Waals surface area contributed by atoms with Crippen molar-refractivity contribution in [1.82, 2.24) is 15.4 Å². The standard InChI is InChI=1S/C16H29N3O/c1-11(2)6-14-9-19(16(8-17-14)12(3)4)10-15-7-13(5)20-18-15/h7,11-12,14,16-17H,6,8-10H2,1-5H3. The van der Waals surface area contributed by atoms with Crippen LogP contribution in [0.1, 0.15) is 45.6 Å². The monoisotopic (exact) mass is 279 g/mol. The van der Waals surface area contributed by atoms with Crippen molar-refractivity contribution in [3.63, 3.8) is 0 Å². The fourth-order valence-electron chi connectivity index (χ4n) is 3.17. The van der Waals surface area contributed by atoms with Gasteiger partial charge in [0.15, 0.2) is 0 Å². The van der Waals surface area contributed by atoms with E-state index < -0.39 is 0 Å². The molecule has 20 heavy (non-hydrogen) atoms. The molecule has 1 aromatic heterocycles. The first-order valence-corrected chi connectivity index (χ1v) is 7.85. The molecule has 4 nitrogen and oxygen atoms in total. The molecule has 0 amide bonds. The lowest BCUT2D eigenvalue weighted by Gasteiger charge is -2.42. The first kappa shape index (κ1) is 15.5. The number of nitrogens with zero attached hydrogens (tertiary/aromatic N) is 2. The largest absolute Gasteiger partial charge is 0.361 e. The topological polar surface area (TPSA) is 41.3 Å². The summed E-state index contributed by atoms with van der Waals surface area (Å²) in [4.78, 5) is 2.57. The molecule has 4 heteroatoms. The van der Waals surface area contributed by atoms with Crippen LogP contribution in [-0.4, -0.2) is 35.2 Å². The maximum Gasteiger partial charge on any atom is 0.133 e. The van der Waals surface area contributed by atoms with Gasteiger partial charge in [-0.2, -0.15) is 0 Å². The molecule has 2 heterocycles. The van der Waals surface area contributed by atoms with Crippen LogP contribution in [0.2, 0.25) is 0 Å². The van der Waals surface area contributed by atoms with Gasteiger partial charge in [0.2, 0.25) is 0 Å². The second kappa shape index (κ2) is 6.72. The Morgan fingerprint density at radius 1 is 1.40 bits per heavy atom. The van der Waals surface area contributed by atoms with Gasteiger partial charge in [-0.15, -0.1) is 0 Å². The summed E-state index contributed by atoms with van der Waals surface area (Å²) in [5, 5.41) is 7.87. The Morgan fingerprint density at radius 3 is 2.70 bits per heavy atom. The predicted octanol–water partition coefficient (Wildman–Crippen LogP) is 2.83. The lowest BCUT2D eigenvalue weighted by molar-refractivity contribution is 0.0830. The molecular weight excluding hydrogens is 250 g/mol. The van der Waals surface area contributed by atoms with E-state index in [0.717, 1.165) is 37.0 Å². The van der Waals surface area contributed by atoms with Crippen LogP contribution >= 0.6 is 0 Å². The van der Waals surface area contributed by atoms with Gasteiger partial charge in [-0.25, -0.2) is 0 Å². The van der Waals surface area contributed by atoms with Crippen molar-refractivity contribution in [2.45, 2.75) is 59.7 Å². The van der Waals surface area contributed by atoms with E-state index in [4.69, 9.17) is 4.52 Å². The lowest BCUT2D eigenvalue weighted by atomic mass is 9.95. The molecule has 2 unspecified atom stereocenters. The van der Waals surface area contributed by atoms with Crippen LogP contribution in [0.25, 0.3) is 0 Å². The average molecular weight is 279 g/mol. The van der Waals surface area contributed by atoms with Crippen molar-refractivity contribution < 1.29 is 4.52 Å². The third-order valence-corrected chi connectivity index (χ3v) is 4.11. The molecule has 1 aliphatic heterocycles. The summed E-state index contributed by atoms with van der Waals surface area (Å²) in [6, 6.07) is 3.23. The summed E-state index contributed by atoms with van der Waals surface area (Å²) in [7, 11) is 0. The van der Waals surface area contributed by atoms with Crippen LogP contribution in [0, 0.1) is 18.8 Å². The number of hydrogen-bond acceptors (Lipinski definition) is 4. The number of aryl methyl sites for hydroxylation is 1. The Labute approximate surface area is 122 Å². The summed E-state index contributed by atoms with van der Waals surface area (Å²) >= 11 is 0. The van der Waals surface area contributed by atoms with Crippen molar-refractivity contribution in [3.8, 4) is 0 Å². The normalized spacial score (nSPS) is 24.8. The van der Waals surface area contributed by atoms with Crippen molar-refractivity contribution in [2.75, 3.05) is 13.1 Å². The van der Waals surface area contributed by atoms with E-state index in [2.05, 4.69) is 49.1 Å². The molecule has 1 aliphatic rings. The van der Waals surface area contributed by atoms with E-state index in [1.165, 1.54) is 6.42 Å². The van der Waals surface area contributed by atoms with E-state index in [0.29, 0.717) is 18.0 Å². The highest BCUT2D eigenvalue weighted by Gasteiger charge is 2.30. The van der Waals surface area contributed by atoms with Gasteiger partial charge in [-0.05, 0) is 25.2 Å². The number of rotatable bonds is 5. The van der Waals surface area contributed by atoms with Crippen molar-refractivity contribution in [1.29, 1.82) is 0 Å². The molecule has 0 aliphatic carbocycles. The van der Waals surface area contributed by atoms with Crippen LogP contribution in [0.15, 0.2) is 10.6 Å². The van der Waals surface area contributed by atoms with Gasteiger partial charge in [0.1, 0.15) is 5.76 Å². The first-order valence-electron chi connectivity index (χ1n) is 7.85. The second-order valence-corrected chi connectivity index (χ2v) is 6.90. The molecule has 0 saturated carbocycles. The highest BCUT2D eigenvalue weighted by atomic mass is 16.5. The molecule has 1 aromatic rings. The SMILES string of the molecule is Cc1cc(CN2CC(CC(C)C)NCC2C(C)C)no1. The van der Waals surface area contributed by atoms with Crippen molar-refractivity contribution >= 4 is 0 Å². The summed E-state index contributed by atoms with van der Waals surface area (Å²) in [6.07, 6.45) is 1.24. The summed E-state index contributed by atoms with van der Waals surface area (Å²) in [6.45, 7) is 14.2. The van der Waals surface area contributed by atoms with Gasteiger partial charge in [0, 0.05) is 37.8 Å². The Balaban J connectivity index is 2.02. The molecule has 1 saturated heterocycles. The maximum absolute atomic E-state index is 5.20. The molecule has 1 N–H and O–H groups in total. The fraction of sp³-hybridized carbons (Fsp3) is 0.812. The maximum atomic E-state index is 5.20. The zero-order valence-electron chi connectivity index (χ0n) is 13.5. The minimum atomic E-state index is 0.579. The lowest BCUT2D eigenvalue weighted by Crippen LogP contribution is -2.58. The Bertz CT molecular complexity index is 414. The van der Waals surface area contributed by atoms with Crippen LogP contribution < -0.4 is 5.32 Å². The van der Waals surface area contributed by atoms with E-state index >= 15 is 0 Å². The number of hydrogen-bond donors (Lipinski definition) is 1. The third-order valence-electron chi connectivity index (χ3n) is 4.11. The van der Waals surface area contributed by atoms with Gasteiger partial charge in [-0.1, -0.05) is 32.9 Å². The van der Waals surface area contributed by atoms with Crippen LogP contribution in [-0.2, 0) is 6.54 Å². The zero-order valence-corrected chi connectivity index (χ0v) is 13.5. The smallest absolute Gasteiger partial charge is 0.133 e. The highest BCUT2D eigenvalue weighted by molar-refractivity contribution is 5.04. The number of nitrogens with one attached hydrogen (secondary N) is 1. The van der Waals surface area contributed by atoms with Gasteiger partial charge in [0.25, 0.3) is 0 Å². The molecule has 0 bridgehead atoms.